The molecular formula is C36H51ClN2O8S. The van der Waals surface area contributed by atoms with Gasteiger partial charge in [-0.05, 0) is 49.7 Å². The van der Waals surface area contributed by atoms with Gasteiger partial charge < -0.3 is 20.1 Å². The number of hydrogen-bond acceptors (Lipinski definition) is 8. The summed E-state index contributed by atoms with van der Waals surface area (Å²) in [5.41, 5.74) is 0.202. The maximum Gasteiger partial charge on any atom is 0.338 e. The summed E-state index contributed by atoms with van der Waals surface area (Å²) in [4.78, 5) is 49.9. The van der Waals surface area contributed by atoms with Crippen LogP contribution in [-0.4, -0.2) is 51.0 Å². The fourth-order valence-corrected chi connectivity index (χ4v) is 5.88. The normalized spacial score (nSPS) is 11.9. The van der Waals surface area contributed by atoms with Gasteiger partial charge in [0.25, 0.3) is 5.91 Å². The Labute approximate surface area is 290 Å². The van der Waals surface area contributed by atoms with Crippen molar-refractivity contribution in [2.45, 2.75) is 122 Å². The standard InChI is InChI=1S/C36H51ClN2O8S/c1-5-6-7-8-9-10-11-12-13-14-15-16-17-18-23-46-36(43)28-19-21-30(37)31(24-28)39-35(42)34(26(2)40)47-33-22-20-29(48(4,44)45)25-32(33)38-27(3)41/h19-22,24-25,34H,5-18,23H2,1-4H3,(H,38,41)(H,39,42). The molecule has 1 unspecified atom stereocenters. The molecule has 0 spiro atoms. The largest absolute Gasteiger partial charge is 0.471 e. The van der Waals surface area contributed by atoms with Crippen LogP contribution in [0, 0.1) is 0 Å². The van der Waals surface area contributed by atoms with Gasteiger partial charge in [0.15, 0.2) is 15.6 Å². The third kappa shape index (κ3) is 15.2. The number of anilines is 2. The summed E-state index contributed by atoms with van der Waals surface area (Å²) in [7, 11) is -3.62. The predicted octanol–water partition coefficient (Wildman–Crippen LogP) is 8.32. The molecule has 0 bridgehead atoms. The third-order valence-electron chi connectivity index (χ3n) is 7.73. The Bertz CT molecular complexity index is 1480. The van der Waals surface area contributed by atoms with Gasteiger partial charge in [0, 0.05) is 13.2 Å². The molecule has 12 heteroatoms. The van der Waals surface area contributed by atoms with E-state index in [2.05, 4.69) is 17.6 Å². The topological polar surface area (TPSA) is 145 Å². The molecule has 2 N–H and O–H groups in total. The number of amides is 2. The van der Waals surface area contributed by atoms with Crippen LogP contribution in [0.2, 0.25) is 5.02 Å². The van der Waals surface area contributed by atoms with Crippen molar-refractivity contribution < 1.29 is 37.1 Å². The average molecular weight is 707 g/mol. The molecule has 0 aromatic heterocycles. The number of hydrogen-bond donors (Lipinski definition) is 2. The third-order valence-corrected chi connectivity index (χ3v) is 9.17. The molecule has 1 atom stereocenters. The van der Waals surface area contributed by atoms with E-state index in [1.165, 1.54) is 114 Å². The highest BCUT2D eigenvalue weighted by Gasteiger charge is 2.28. The number of carbonyl (C=O) groups is 4. The molecule has 266 valence electrons. The van der Waals surface area contributed by atoms with E-state index < -0.39 is 39.5 Å². The van der Waals surface area contributed by atoms with E-state index in [1.54, 1.807) is 0 Å². The lowest BCUT2D eigenvalue weighted by Gasteiger charge is -2.19. The van der Waals surface area contributed by atoms with Crippen LogP contribution in [0.1, 0.15) is 121 Å². The molecule has 2 amide bonds. The van der Waals surface area contributed by atoms with Gasteiger partial charge in [-0.15, -0.1) is 0 Å². The smallest absolute Gasteiger partial charge is 0.338 e. The SMILES string of the molecule is CCCCCCCCCCCCCCCCOC(=O)c1ccc(Cl)c(NC(=O)C(Oc2ccc(S(C)(=O)=O)cc2NC(C)=O)C(C)=O)c1. The Morgan fingerprint density at radius 3 is 1.83 bits per heavy atom. The highest BCUT2D eigenvalue weighted by atomic mass is 35.5. The second kappa shape index (κ2) is 21.5. The van der Waals surface area contributed by atoms with Gasteiger partial charge >= 0.3 is 5.97 Å². The fraction of sp³-hybridized carbons (Fsp3) is 0.556. The molecule has 0 radical (unpaired) electrons. The second-order valence-corrected chi connectivity index (χ2v) is 14.6. The molecular weight excluding hydrogens is 656 g/mol. The number of Topliss-reactive ketones (excluding diaryl/α,β-unsaturated/α-hetero) is 1. The Morgan fingerprint density at radius 1 is 0.750 bits per heavy atom. The number of sulfone groups is 1. The Morgan fingerprint density at radius 2 is 1.31 bits per heavy atom. The minimum absolute atomic E-state index is 0.0361. The maximum atomic E-state index is 13.2. The average Bonchev–Trinajstić information content (AvgIpc) is 3.02. The fourth-order valence-electron chi connectivity index (χ4n) is 5.07. The van der Waals surface area contributed by atoms with Crippen molar-refractivity contribution in [3.05, 3.63) is 47.0 Å². The van der Waals surface area contributed by atoms with Crippen molar-refractivity contribution in [3.8, 4) is 5.75 Å². The molecule has 2 aromatic rings. The Kier molecular flexibility index (Phi) is 18.3. The zero-order chi connectivity index (χ0) is 35.5. The first kappa shape index (κ1) is 40.7. The van der Waals surface area contributed by atoms with Gasteiger partial charge in [0.1, 0.15) is 5.75 Å². The lowest BCUT2D eigenvalue weighted by molar-refractivity contribution is -0.133. The number of rotatable bonds is 23. The van der Waals surface area contributed by atoms with Crippen LogP contribution in [0.4, 0.5) is 11.4 Å². The van der Waals surface area contributed by atoms with Crippen LogP contribution in [0.25, 0.3) is 0 Å². The van der Waals surface area contributed by atoms with Crippen LogP contribution in [0.3, 0.4) is 0 Å². The van der Waals surface area contributed by atoms with E-state index in [0.29, 0.717) is 0 Å². The molecule has 2 rings (SSSR count). The highest BCUT2D eigenvalue weighted by Crippen LogP contribution is 2.30. The molecule has 0 saturated heterocycles. The summed E-state index contributed by atoms with van der Waals surface area (Å²) in [6.45, 7) is 4.87. The first-order valence-electron chi connectivity index (χ1n) is 16.9. The Balaban J connectivity index is 1.86. The quantitative estimate of drug-likeness (QED) is 0.0667. The van der Waals surface area contributed by atoms with Crippen LogP contribution in [-0.2, 0) is 29.0 Å². The number of benzene rings is 2. The van der Waals surface area contributed by atoms with Crippen LogP contribution >= 0.6 is 11.6 Å². The molecule has 0 saturated carbocycles. The lowest BCUT2D eigenvalue weighted by Crippen LogP contribution is -2.39. The van der Waals surface area contributed by atoms with Crippen LogP contribution < -0.4 is 15.4 Å². The first-order chi connectivity index (χ1) is 22.8. The van der Waals surface area contributed by atoms with Crippen molar-refractivity contribution in [2.24, 2.45) is 0 Å². The molecule has 0 aliphatic heterocycles. The number of ketones is 1. The van der Waals surface area contributed by atoms with Gasteiger partial charge in [0.2, 0.25) is 12.0 Å². The molecule has 0 fully saturated rings. The Hall–Kier alpha value is -3.44. The van der Waals surface area contributed by atoms with E-state index >= 15 is 0 Å². The van der Waals surface area contributed by atoms with E-state index in [1.807, 2.05) is 0 Å². The zero-order valence-corrected chi connectivity index (χ0v) is 30.3. The second-order valence-electron chi connectivity index (χ2n) is 12.1. The van der Waals surface area contributed by atoms with Crippen molar-refractivity contribution >= 4 is 56.4 Å². The van der Waals surface area contributed by atoms with Gasteiger partial charge in [-0.2, -0.15) is 0 Å². The lowest BCUT2D eigenvalue weighted by atomic mass is 10.0. The van der Waals surface area contributed by atoms with Gasteiger partial charge in [0.05, 0.1) is 33.5 Å². The minimum atomic E-state index is -3.62. The molecule has 0 aliphatic rings. The summed E-state index contributed by atoms with van der Waals surface area (Å²) >= 11 is 6.28. The maximum absolute atomic E-state index is 13.2. The van der Waals surface area contributed by atoms with E-state index in [9.17, 15) is 27.6 Å². The number of unbranched alkanes of at least 4 members (excludes halogenated alkanes) is 13. The molecule has 0 aliphatic carbocycles. The van der Waals surface area contributed by atoms with E-state index in [4.69, 9.17) is 21.1 Å². The molecule has 10 nitrogen and oxygen atoms in total. The summed E-state index contributed by atoms with van der Waals surface area (Å²) in [5.74, 6) is -2.75. The number of nitrogens with one attached hydrogen (secondary N) is 2. The zero-order valence-electron chi connectivity index (χ0n) is 28.7. The van der Waals surface area contributed by atoms with Gasteiger partial charge in [-0.1, -0.05) is 102 Å². The van der Waals surface area contributed by atoms with Gasteiger partial charge in [-0.25, -0.2) is 13.2 Å². The van der Waals surface area contributed by atoms with Crippen molar-refractivity contribution in [2.75, 3.05) is 23.5 Å². The number of ether oxygens (including phenoxy) is 2. The summed E-state index contributed by atoms with van der Waals surface area (Å²) < 4.78 is 35.1. The number of halogens is 1. The predicted molar refractivity (Wildman–Crippen MR) is 190 cm³/mol. The molecule has 2 aromatic carbocycles. The van der Waals surface area contributed by atoms with Crippen molar-refractivity contribution in [3.63, 3.8) is 0 Å². The van der Waals surface area contributed by atoms with Gasteiger partial charge in [-0.3, -0.25) is 14.4 Å². The van der Waals surface area contributed by atoms with Crippen LogP contribution in [0.5, 0.6) is 5.75 Å². The highest BCUT2D eigenvalue weighted by molar-refractivity contribution is 7.90. The summed E-state index contributed by atoms with van der Waals surface area (Å²) in [6, 6.07) is 7.92. The molecule has 48 heavy (non-hydrogen) atoms. The summed E-state index contributed by atoms with van der Waals surface area (Å²) in [6.07, 6.45) is 16.5. The monoisotopic (exact) mass is 706 g/mol. The number of carbonyl (C=O) groups excluding carboxylic acids is 4. The number of esters is 1. The van der Waals surface area contributed by atoms with E-state index in [0.717, 1.165) is 32.4 Å². The molecule has 0 heterocycles. The summed E-state index contributed by atoms with van der Waals surface area (Å²) in [5, 5.41) is 5.09. The van der Waals surface area contributed by atoms with Crippen molar-refractivity contribution in [1.82, 2.24) is 0 Å². The first-order valence-corrected chi connectivity index (χ1v) is 19.2. The van der Waals surface area contributed by atoms with E-state index in [-0.39, 0.29) is 39.2 Å². The minimum Gasteiger partial charge on any atom is -0.471 e. The van der Waals surface area contributed by atoms with Crippen molar-refractivity contribution in [1.29, 1.82) is 0 Å². The van der Waals surface area contributed by atoms with Crippen LogP contribution in [0.15, 0.2) is 41.3 Å².